The van der Waals surface area contributed by atoms with Crippen molar-refractivity contribution in [2.24, 2.45) is 0 Å². The van der Waals surface area contributed by atoms with Crippen molar-refractivity contribution in [1.29, 1.82) is 0 Å². The number of carbonyl (C=O) groups excluding carboxylic acids is 1. The van der Waals surface area contributed by atoms with Crippen molar-refractivity contribution in [1.82, 2.24) is 0 Å². The Bertz CT molecular complexity index is 546. The average Bonchev–Trinajstić information content (AvgIpc) is 2.50. The van der Waals surface area contributed by atoms with Crippen LogP contribution < -0.4 is 0 Å². The highest BCUT2D eigenvalue weighted by molar-refractivity contribution is 5.89. The number of esters is 1. The van der Waals surface area contributed by atoms with Crippen LogP contribution in [0.5, 0.6) is 0 Å². The third kappa shape index (κ3) is 3.25. The Labute approximate surface area is 118 Å². The second-order valence-electron chi connectivity index (χ2n) is 4.49. The largest absolute Gasteiger partial charge is 0.462 e. The average molecular weight is 270 g/mol. The highest BCUT2D eigenvalue weighted by Gasteiger charge is 2.14. The number of carbonyl (C=O) groups is 1. The Morgan fingerprint density at radius 3 is 2.20 bits per heavy atom. The second-order valence-corrected chi connectivity index (χ2v) is 4.49. The molecule has 0 radical (unpaired) electrons. The maximum Gasteiger partial charge on any atom is 0.338 e. The molecule has 1 N–H and O–H groups in total. The third-order valence-corrected chi connectivity index (χ3v) is 3.21. The first-order valence-electron chi connectivity index (χ1n) is 6.69. The summed E-state index contributed by atoms with van der Waals surface area (Å²) in [5.41, 5.74) is 2.56. The molecule has 20 heavy (non-hydrogen) atoms. The SMILES string of the molecule is CCOC(=O)c1ccc([C@@H](CO)c2ccccc2)cc1. The normalized spacial score (nSPS) is 11.9. The molecule has 2 aromatic carbocycles. The Kier molecular flexibility index (Phi) is 4.91. The summed E-state index contributed by atoms with van der Waals surface area (Å²) in [6, 6.07) is 17.0. The van der Waals surface area contributed by atoms with Crippen LogP contribution in [0.1, 0.15) is 34.3 Å². The Balaban J connectivity index is 2.22. The zero-order valence-corrected chi connectivity index (χ0v) is 11.5. The fraction of sp³-hybridized carbons (Fsp3) is 0.235. The molecule has 0 aliphatic heterocycles. The molecule has 0 saturated carbocycles. The molecule has 2 rings (SSSR count). The predicted octanol–water partition coefficient (Wildman–Crippen LogP) is 2.99. The van der Waals surface area contributed by atoms with E-state index in [2.05, 4.69) is 0 Å². The third-order valence-electron chi connectivity index (χ3n) is 3.21. The van der Waals surface area contributed by atoms with E-state index >= 15 is 0 Å². The van der Waals surface area contributed by atoms with Crippen molar-refractivity contribution in [2.75, 3.05) is 13.2 Å². The van der Waals surface area contributed by atoms with E-state index in [9.17, 15) is 9.90 Å². The van der Waals surface area contributed by atoms with Crippen LogP contribution in [0.15, 0.2) is 54.6 Å². The predicted molar refractivity (Wildman–Crippen MR) is 77.8 cm³/mol. The molecular weight excluding hydrogens is 252 g/mol. The maximum atomic E-state index is 11.6. The Morgan fingerprint density at radius 2 is 1.65 bits per heavy atom. The first kappa shape index (κ1) is 14.3. The molecule has 0 unspecified atom stereocenters. The van der Waals surface area contributed by atoms with E-state index in [1.807, 2.05) is 42.5 Å². The highest BCUT2D eigenvalue weighted by Crippen LogP contribution is 2.24. The van der Waals surface area contributed by atoms with Gasteiger partial charge in [-0.05, 0) is 30.2 Å². The van der Waals surface area contributed by atoms with Crippen LogP contribution in [-0.4, -0.2) is 24.3 Å². The first-order chi connectivity index (χ1) is 9.76. The monoisotopic (exact) mass is 270 g/mol. The minimum Gasteiger partial charge on any atom is -0.462 e. The number of rotatable bonds is 5. The van der Waals surface area contributed by atoms with E-state index in [0.717, 1.165) is 11.1 Å². The van der Waals surface area contributed by atoms with Crippen LogP contribution in [0.4, 0.5) is 0 Å². The molecule has 0 bridgehead atoms. The van der Waals surface area contributed by atoms with Crippen LogP contribution in [0.25, 0.3) is 0 Å². The summed E-state index contributed by atoms with van der Waals surface area (Å²) in [7, 11) is 0. The van der Waals surface area contributed by atoms with Gasteiger partial charge in [0.2, 0.25) is 0 Å². The van der Waals surface area contributed by atoms with E-state index in [-0.39, 0.29) is 18.5 Å². The van der Waals surface area contributed by atoms with Gasteiger partial charge >= 0.3 is 5.97 Å². The lowest BCUT2D eigenvalue weighted by atomic mass is 9.91. The van der Waals surface area contributed by atoms with Gasteiger partial charge in [-0.2, -0.15) is 0 Å². The van der Waals surface area contributed by atoms with Crippen LogP contribution in [0.3, 0.4) is 0 Å². The van der Waals surface area contributed by atoms with Crippen molar-refractivity contribution in [3.8, 4) is 0 Å². The standard InChI is InChI=1S/C17H18O3/c1-2-20-17(19)15-10-8-14(9-11-15)16(12-18)13-6-4-3-5-7-13/h3-11,16,18H,2,12H2,1H3/t16-/m0/s1. The number of aliphatic hydroxyl groups is 1. The minimum absolute atomic E-state index is 0.0305. The van der Waals surface area contributed by atoms with Gasteiger partial charge in [0.05, 0.1) is 18.8 Å². The van der Waals surface area contributed by atoms with Crippen molar-refractivity contribution in [3.05, 3.63) is 71.3 Å². The van der Waals surface area contributed by atoms with Gasteiger partial charge in [-0.1, -0.05) is 42.5 Å². The molecule has 0 spiro atoms. The van der Waals surface area contributed by atoms with Gasteiger partial charge < -0.3 is 9.84 Å². The lowest BCUT2D eigenvalue weighted by molar-refractivity contribution is 0.0526. The zero-order chi connectivity index (χ0) is 14.4. The summed E-state index contributed by atoms with van der Waals surface area (Å²) < 4.78 is 4.95. The number of benzene rings is 2. The smallest absolute Gasteiger partial charge is 0.338 e. The molecule has 2 aromatic rings. The molecule has 0 heterocycles. The summed E-state index contributed by atoms with van der Waals surface area (Å²) in [5, 5.41) is 9.60. The highest BCUT2D eigenvalue weighted by atomic mass is 16.5. The van der Waals surface area contributed by atoms with E-state index in [0.29, 0.717) is 12.2 Å². The van der Waals surface area contributed by atoms with E-state index < -0.39 is 0 Å². The summed E-state index contributed by atoms with van der Waals surface area (Å²) in [6.45, 7) is 2.18. The second kappa shape index (κ2) is 6.87. The molecule has 1 atom stereocenters. The molecule has 0 aliphatic carbocycles. The van der Waals surface area contributed by atoms with E-state index in [1.165, 1.54) is 0 Å². The Morgan fingerprint density at radius 1 is 1.05 bits per heavy atom. The number of ether oxygens (including phenoxy) is 1. The zero-order valence-electron chi connectivity index (χ0n) is 11.5. The van der Waals surface area contributed by atoms with Crippen molar-refractivity contribution in [2.45, 2.75) is 12.8 Å². The number of hydrogen-bond donors (Lipinski definition) is 1. The Hall–Kier alpha value is -2.13. The van der Waals surface area contributed by atoms with Gasteiger partial charge in [0.25, 0.3) is 0 Å². The van der Waals surface area contributed by atoms with Crippen molar-refractivity contribution >= 4 is 5.97 Å². The molecule has 0 aliphatic rings. The molecule has 0 aromatic heterocycles. The van der Waals surface area contributed by atoms with Gasteiger partial charge in [0.15, 0.2) is 0 Å². The van der Waals surface area contributed by atoms with Crippen LogP contribution in [0, 0.1) is 0 Å². The minimum atomic E-state index is -0.320. The number of hydrogen-bond acceptors (Lipinski definition) is 3. The maximum absolute atomic E-state index is 11.6. The van der Waals surface area contributed by atoms with Gasteiger partial charge in [-0.15, -0.1) is 0 Å². The van der Waals surface area contributed by atoms with Crippen molar-refractivity contribution < 1.29 is 14.6 Å². The summed E-state index contributed by atoms with van der Waals surface area (Å²) in [6.07, 6.45) is 0. The topological polar surface area (TPSA) is 46.5 Å². The van der Waals surface area contributed by atoms with Crippen LogP contribution >= 0.6 is 0 Å². The molecule has 0 amide bonds. The lowest BCUT2D eigenvalue weighted by Crippen LogP contribution is -2.08. The summed E-state index contributed by atoms with van der Waals surface area (Å²) in [5.74, 6) is -0.397. The quantitative estimate of drug-likeness (QED) is 0.850. The molecule has 0 fully saturated rings. The molecule has 0 saturated heterocycles. The number of aliphatic hydroxyl groups excluding tert-OH is 1. The molecule has 104 valence electrons. The summed E-state index contributed by atoms with van der Waals surface area (Å²) in [4.78, 5) is 11.6. The fourth-order valence-corrected chi connectivity index (χ4v) is 2.15. The molecule has 3 heteroatoms. The van der Waals surface area contributed by atoms with Crippen LogP contribution in [-0.2, 0) is 4.74 Å². The fourth-order valence-electron chi connectivity index (χ4n) is 2.15. The molecule has 3 nitrogen and oxygen atoms in total. The molecular formula is C17H18O3. The summed E-state index contributed by atoms with van der Waals surface area (Å²) >= 11 is 0. The van der Waals surface area contributed by atoms with Crippen molar-refractivity contribution in [3.63, 3.8) is 0 Å². The van der Waals surface area contributed by atoms with Crippen LogP contribution in [0.2, 0.25) is 0 Å². The van der Waals surface area contributed by atoms with Gasteiger partial charge in [-0.3, -0.25) is 0 Å². The first-order valence-corrected chi connectivity index (χ1v) is 6.69. The van der Waals surface area contributed by atoms with Gasteiger partial charge in [0.1, 0.15) is 0 Å². The lowest BCUT2D eigenvalue weighted by Gasteiger charge is -2.15. The van der Waals surface area contributed by atoms with Gasteiger partial charge in [0, 0.05) is 5.92 Å². The van der Waals surface area contributed by atoms with E-state index in [4.69, 9.17) is 4.74 Å². The van der Waals surface area contributed by atoms with E-state index in [1.54, 1.807) is 19.1 Å². The van der Waals surface area contributed by atoms with Gasteiger partial charge in [-0.25, -0.2) is 4.79 Å².